The molecular formula is C4H8FS. The summed E-state index contributed by atoms with van der Waals surface area (Å²) in [5.74, 6) is 0. The summed E-state index contributed by atoms with van der Waals surface area (Å²) in [6, 6.07) is 0. The van der Waals surface area contributed by atoms with Crippen LogP contribution in [0.2, 0.25) is 0 Å². The van der Waals surface area contributed by atoms with Crippen LogP contribution < -0.4 is 0 Å². The van der Waals surface area contributed by atoms with Gasteiger partial charge in [-0.25, -0.2) is 4.39 Å². The molecule has 0 aromatic rings. The maximum absolute atomic E-state index is 11.4. The normalized spacial score (nSPS) is 12.0. The smallest absolute Gasteiger partial charge is 0.104 e. The maximum Gasteiger partial charge on any atom is 0.104 e. The van der Waals surface area contributed by atoms with Crippen LogP contribution >= 0.6 is 12.6 Å². The van der Waals surface area contributed by atoms with Gasteiger partial charge in [0, 0.05) is 4.75 Å². The molecule has 0 aliphatic rings. The highest BCUT2D eigenvalue weighted by atomic mass is 32.1. The number of hydrogen-bond donors (Lipinski definition) is 0. The van der Waals surface area contributed by atoms with Crippen molar-refractivity contribution in [1.82, 2.24) is 0 Å². The van der Waals surface area contributed by atoms with Crippen molar-refractivity contribution in [1.29, 1.82) is 0 Å². The van der Waals surface area contributed by atoms with Gasteiger partial charge in [-0.05, 0) is 13.8 Å². The van der Waals surface area contributed by atoms with Gasteiger partial charge in [0.25, 0.3) is 0 Å². The first-order chi connectivity index (χ1) is 2.56. The van der Waals surface area contributed by atoms with Crippen LogP contribution in [-0.4, -0.2) is 11.4 Å². The van der Waals surface area contributed by atoms with Gasteiger partial charge >= 0.3 is 0 Å². The predicted octanol–water partition coefficient (Wildman–Crippen LogP) is 1.93. The lowest BCUT2D eigenvalue weighted by molar-refractivity contribution is 0.433. The summed E-state index contributed by atoms with van der Waals surface area (Å²) in [5.41, 5.74) is 0. The summed E-state index contributed by atoms with van der Waals surface area (Å²) in [6.45, 7) is 2.95. The minimum Gasteiger partial charge on any atom is -0.250 e. The van der Waals surface area contributed by atoms with E-state index in [1.165, 1.54) is 0 Å². The van der Waals surface area contributed by atoms with Crippen molar-refractivity contribution >= 4 is 12.6 Å². The van der Waals surface area contributed by atoms with Crippen LogP contribution in [0.15, 0.2) is 0 Å². The molecule has 0 saturated carbocycles. The molecule has 0 unspecified atom stereocenters. The summed E-state index contributed by atoms with van der Waals surface area (Å²) < 4.78 is 10.9. The summed E-state index contributed by atoms with van der Waals surface area (Å²) >= 11 is 4.61. The topological polar surface area (TPSA) is 0 Å². The van der Waals surface area contributed by atoms with Crippen LogP contribution in [0, 0.1) is 0 Å². The third-order valence-corrected chi connectivity index (χ3v) is 0.431. The van der Waals surface area contributed by atoms with E-state index in [-0.39, 0.29) is 0 Å². The molecule has 0 nitrogen and oxygen atoms in total. The largest absolute Gasteiger partial charge is 0.250 e. The lowest BCUT2D eigenvalue weighted by Crippen LogP contribution is -2.11. The second kappa shape index (κ2) is 1.82. The Morgan fingerprint density at radius 2 is 1.83 bits per heavy atom. The molecule has 0 aromatic heterocycles. The van der Waals surface area contributed by atoms with Gasteiger partial charge in [-0.3, -0.25) is 0 Å². The van der Waals surface area contributed by atoms with Gasteiger partial charge in [-0.1, -0.05) is 12.6 Å². The Bertz CT molecular complexity index is 37.3. The Balaban J connectivity index is 3.17. The minimum atomic E-state index is -0.542. The van der Waals surface area contributed by atoms with E-state index in [2.05, 4.69) is 12.6 Å². The Kier molecular flexibility index (Phi) is 1.91. The van der Waals surface area contributed by atoms with E-state index >= 15 is 0 Å². The zero-order chi connectivity index (χ0) is 5.21. The average Bonchev–Trinajstić information content (AvgIpc) is 1.35. The van der Waals surface area contributed by atoms with E-state index in [1.54, 1.807) is 13.8 Å². The molecule has 0 atom stereocenters. The Morgan fingerprint density at radius 1 is 1.67 bits per heavy atom. The molecule has 0 fully saturated rings. The quantitative estimate of drug-likeness (QED) is 0.480. The van der Waals surface area contributed by atoms with Crippen LogP contribution in [0.5, 0.6) is 0 Å². The van der Waals surface area contributed by atoms with Gasteiger partial charge in [-0.15, -0.1) is 0 Å². The van der Waals surface area contributed by atoms with Gasteiger partial charge in [0.2, 0.25) is 0 Å². The summed E-state index contributed by atoms with van der Waals surface area (Å²) in [4.78, 5) is 0. The van der Waals surface area contributed by atoms with Crippen LogP contribution in [-0.2, 0) is 0 Å². The van der Waals surface area contributed by atoms with E-state index in [0.29, 0.717) is 0 Å². The summed E-state index contributed by atoms with van der Waals surface area (Å²) in [6.07, 6.45) is 0. The average molecular weight is 107 g/mol. The molecule has 0 N–H and O–H groups in total. The van der Waals surface area contributed by atoms with Crippen LogP contribution in [0.4, 0.5) is 4.39 Å². The Labute approximate surface area is 43.2 Å². The lowest BCUT2D eigenvalue weighted by Gasteiger charge is -2.06. The van der Waals surface area contributed by atoms with Crippen LogP contribution in [0.1, 0.15) is 13.8 Å². The molecular weight excluding hydrogens is 99.1 g/mol. The maximum atomic E-state index is 11.4. The zero-order valence-electron chi connectivity index (χ0n) is 3.99. The number of hydrogen-bond acceptors (Lipinski definition) is 0. The van der Waals surface area contributed by atoms with Gasteiger partial charge in [-0.2, -0.15) is 0 Å². The van der Waals surface area contributed by atoms with Gasteiger partial charge in [0.15, 0.2) is 0 Å². The first-order valence-corrected chi connectivity index (χ1v) is 2.23. The standard InChI is InChI=1S/C4H8FS/c1-4(2,6)3-5/h3H2,1-2H3. The second-order valence-electron chi connectivity index (χ2n) is 1.89. The van der Waals surface area contributed by atoms with Crippen LogP contribution in [0.25, 0.3) is 0 Å². The second-order valence-corrected chi connectivity index (χ2v) is 3.00. The highest BCUT2D eigenvalue weighted by Gasteiger charge is 2.09. The van der Waals surface area contributed by atoms with Crippen LogP contribution in [0.3, 0.4) is 0 Å². The van der Waals surface area contributed by atoms with E-state index in [9.17, 15) is 4.39 Å². The van der Waals surface area contributed by atoms with E-state index in [1.807, 2.05) is 0 Å². The van der Waals surface area contributed by atoms with Gasteiger partial charge in [0.1, 0.15) is 6.67 Å². The SMILES string of the molecule is CC(C)([S])CF. The first kappa shape index (κ1) is 6.28. The summed E-state index contributed by atoms with van der Waals surface area (Å²) in [7, 11) is 0. The fraction of sp³-hybridized carbons (Fsp3) is 1.00. The van der Waals surface area contributed by atoms with Gasteiger partial charge < -0.3 is 0 Å². The molecule has 0 amide bonds. The lowest BCUT2D eigenvalue weighted by atomic mass is 10.2. The van der Waals surface area contributed by atoms with Crippen molar-refractivity contribution in [3.05, 3.63) is 0 Å². The van der Waals surface area contributed by atoms with Crippen molar-refractivity contribution in [2.24, 2.45) is 0 Å². The molecule has 0 saturated heterocycles. The number of rotatable bonds is 1. The van der Waals surface area contributed by atoms with E-state index in [4.69, 9.17) is 0 Å². The molecule has 0 aliphatic heterocycles. The minimum absolute atomic E-state index is 0.414. The Morgan fingerprint density at radius 3 is 1.83 bits per heavy atom. The zero-order valence-corrected chi connectivity index (χ0v) is 4.81. The fourth-order valence-corrected chi connectivity index (χ4v) is 0. The molecule has 37 valence electrons. The van der Waals surface area contributed by atoms with Crippen molar-refractivity contribution in [2.75, 3.05) is 6.67 Å². The van der Waals surface area contributed by atoms with Crippen molar-refractivity contribution in [3.8, 4) is 0 Å². The third-order valence-electron chi connectivity index (χ3n) is 0.322. The summed E-state index contributed by atoms with van der Waals surface area (Å²) in [5, 5.41) is 0. The Hall–Kier alpha value is 0.280. The van der Waals surface area contributed by atoms with E-state index < -0.39 is 11.4 Å². The number of alkyl halides is 1. The number of halogens is 1. The highest BCUT2D eigenvalue weighted by molar-refractivity contribution is 7.81. The molecule has 0 bridgehead atoms. The van der Waals surface area contributed by atoms with Crippen molar-refractivity contribution in [2.45, 2.75) is 18.6 Å². The molecule has 6 heavy (non-hydrogen) atoms. The van der Waals surface area contributed by atoms with Crippen molar-refractivity contribution < 1.29 is 4.39 Å². The molecule has 2 heteroatoms. The highest BCUT2D eigenvalue weighted by Crippen LogP contribution is 2.10. The molecule has 0 aromatic carbocycles. The predicted molar refractivity (Wildman–Crippen MR) is 27.6 cm³/mol. The molecule has 0 heterocycles. The molecule has 1 radical (unpaired) electrons. The van der Waals surface area contributed by atoms with E-state index in [0.717, 1.165) is 0 Å². The molecule has 0 rings (SSSR count). The first-order valence-electron chi connectivity index (χ1n) is 1.82. The fourth-order valence-electron chi connectivity index (χ4n) is 0. The monoisotopic (exact) mass is 107 g/mol. The van der Waals surface area contributed by atoms with Gasteiger partial charge in [0.05, 0.1) is 0 Å². The molecule has 0 aliphatic carbocycles. The van der Waals surface area contributed by atoms with Crippen molar-refractivity contribution in [3.63, 3.8) is 0 Å². The third kappa shape index (κ3) is 4.28. The molecule has 0 spiro atoms.